The molecular weight excluding hydrogens is 460 g/mol. The average Bonchev–Trinajstić information content (AvgIpc) is 2.92. The van der Waals surface area contributed by atoms with Gasteiger partial charge in [0.25, 0.3) is 0 Å². The molecule has 202 valence electrons. The van der Waals surface area contributed by atoms with E-state index in [2.05, 4.69) is 58.4 Å². The van der Waals surface area contributed by atoms with E-state index < -0.39 is 11.0 Å². The van der Waals surface area contributed by atoms with Gasteiger partial charge in [-0.1, -0.05) is 31.2 Å². The van der Waals surface area contributed by atoms with Crippen LogP contribution in [0.2, 0.25) is 0 Å². The predicted octanol–water partition coefficient (Wildman–Crippen LogP) is 4.38. The molecule has 1 saturated heterocycles. The number of hydrogen-bond acceptors (Lipinski definition) is 5. The van der Waals surface area contributed by atoms with Crippen LogP contribution >= 0.6 is 0 Å². The average molecular weight is 507 g/mol. The van der Waals surface area contributed by atoms with Crippen LogP contribution in [0.5, 0.6) is 0 Å². The van der Waals surface area contributed by atoms with Crippen LogP contribution in [0.25, 0.3) is 0 Å². The fourth-order valence-electron chi connectivity index (χ4n) is 5.47. The van der Waals surface area contributed by atoms with Gasteiger partial charge in [0.15, 0.2) is 5.78 Å². The maximum atomic E-state index is 14.0. The monoisotopic (exact) mass is 506 g/mol. The summed E-state index contributed by atoms with van der Waals surface area (Å²) >= 11 is 0. The van der Waals surface area contributed by atoms with Crippen LogP contribution < -0.4 is 10.2 Å². The molecule has 1 fully saturated rings. The molecule has 6 heteroatoms. The SMILES string of the molecule is CCN(CC)C(=O)C(C)(C)c1ccc(CC(CC)(C(=O)c2ccc(N3CCNCC3)cc2)N(C)C)cc1. The Kier molecular flexibility index (Phi) is 9.54. The fraction of sp³-hybridized carbons (Fsp3) is 0.548. The third-order valence-corrected chi connectivity index (χ3v) is 8.23. The van der Waals surface area contributed by atoms with E-state index in [4.69, 9.17) is 0 Å². The van der Waals surface area contributed by atoms with E-state index in [0.29, 0.717) is 25.9 Å². The van der Waals surface area contributed by atoms with Crippen LogP contribution in [0.1, 0.15) is 62.5 Å². The molecule has 1 aliphatic heterocycles. The van der Waals surface area contributed by atoms with Crippen molar-refractivity contribution in [3.63, 3.8) is 0 Å². The number of carbonyl (C=O) groups excluding carboxylic acids is 2. The van der Waals surface area contributed by atoms with Gasteiger partial charge < -0.3 is 15.1 Å². The summed E-state index contributed by atoms with van der Waals surface area (Å²) in [7, 11) is 3.99. The summed E-state index contributed by atoms with van der Waals surface area (Å²) in [5, 5.41) is 3.38. The van der Waals surface area contributed by atoms with Crippen LogP contribution in [0.4, 0.5) is 5.69 Å². The van der Waals surface area contributed by atoms with E-state index in [1.165, 1.54) is 5.69 Å². The molecule has 1 atom stereocenters. The topological polar surface area (TPSA) is 55.9 Å². The number of Topliss-reactive ketones (excluding diaryl/α,β-unsaturated/α-hetero) is 1. The first-order valence-corrected chi connectivity index (χ1v) is 13.8. The van der Waals surface area contributed by atoms with E-state index in [1.54, 1.807) is 0 Å². The number of benzene rings is 2. The van der Waals surface area contributed by atoms with Gasteiger partial charge in [-0.3, -0.25) is 14.5 Å². The molecule has 6 nitrogen and oxygen atoms in total. The maximum Gasteiger partial charge on any atom is 0.232 e. The van der Waals surface area contributed by atoms with Crippen LogP contribution in [-0.2, 0) is 16.6 Å². The van der Waals surface area contributed by atoms with Crippen molar-refractivity contribution in [1.82, 2.24) is 15.1 Å². The molecule has 1 unspecified atom stereocenters. The summed E-state index contributed by atoms with van der Waals surface area (Å²) in [4.78, 5) is 33.4. The Balaban J connectivity index is 1.83. The molecule has 1 N–H and O–H groups in total. The van der Waals surface area contributed by atoms with Gasteiger partial charge in [-0.05, 0) is 90.0 Å². The zero-order valence-corrected chi connectivity index (χ0v) is 23.9. The molecule has 3 rings (SSSR count). The summed E-state index contributed by atoms with van der Waals surface area (Å²) < 4.78 is 0. The molecule has 1 aliphatic rings. The minimum absolute atomic E-state index is 0.140. The molecule has 2 aromatic carbocycles. The third kappa shape index (κ3) is 6.07. The number of piperazine rings is 1. The number of ketones is 1. The van der Waals surface area contributed by atoms with Crippen molar-refractivity contribution in [2.24, 2.45) is 0 Å². The highest BCUT2D eigenvalue weighted by atomic mass is 16.2. The van der Waals surface area contributed by atoms with Gasteiger partial charge in [0.1, 0.15) is 0 Å². The standard InChI is InChI=1S/C31H46N4O2/c1-8-31(33(6)7,28(36)25-13-17-27(18-14-25)35-21-19-32-20-22-35)23-24-11-15-26(16-12-24)30(4,5)29(37)34(9-2)10-3/h11-18,32H,8-10,19-23H2,1-7H3. The van der Waals surface area contributed by atoms with Crippen LogP contribution in [0.15, 0.2) is 48.5 Å². The first-order chi connectivity index (χ1) is 17.6. The van der Waals surface area contributed by atoms with Gasteiger partial charge in [-0.2, -0.15) is 0 Å². The van der Waals surface area contributed by atoms with Gasteiger partial charge in [-0.15, -0.1) is 0 Å². The molecule has 0 aliphatic carbocycles. The Labute approximate surface area is 224 Å². The van der Waals surface area contributed by atoms with E-state index in [0.717, 1.165) is 42.9 Å². The molecule has 1 heterocycles. The van der Waals surface area contributed by atoms with E-state index in [1.807, 2.05) is 58.8 Å². The molecule has 2 aromatic rings. The lowest BCUT2D eigenvalue weighted by molar-refractivity contribution is -0.135. The Hall–Kier alpha value is -2.70. The largest absolute Gasteiger partial charge is 0.369 e. The number of rotatable bonds is 11. The quantitative estimate of drug-likeness (QED) is 0.459. The maximum absolute atomic E-state index is 14.0. The zero-order chi connectivity index (χ0) is 27.2. The van der Waals surface area contributed by atoms with Crippen molar-refractivity contribution < 1.29 is 9.59 Å². The van der Waals surface area contributed by atoms with E-state index in [-0.39, 0.29) is 11.7 Å². The summed E-state index contributed by atoms with van der Waals surface area (Å²) in [6.45, 7) is 15.5. The molecule has 0 aromatic heterocycles. The minimum atomic E-state index is -0.648. The van der Waals surface area contributed by atoms with Gasteiger partial charge in [0.05, 0.1) is 11.0 Å². The molecule has 0 radical (unpaired) electrons. The van der Waals surface area contributed by atoms with Crippen molar-refractivity contribution >= 4 is 17.4 Å². The number of amides is 1. The predicted molar refractivity (Wildman–Crippen MR) is 154 cm³/mol. The Bertz CT molecular complexity index is 1040. The first-order valence-electron chi connectivity index (χ1n) is 13.8. The number of anilines is 1. The summed E-state index contributed by atoms with van der Waals surface area (Å²) in [6, 6.07) is 16.4. The normalized spacial score (nSPS) is 15.9. The Morgan fingerprint density at radius 1 is 0.892 bits per heavy atom. The minimum Gasteiger partial charge on any atom is -0.369 e. The van der Waals surface area contributed by atoms with Crippen molar-refractivity contribution in [3.05, 3.63) is 65.2 Å². The lowest BCUT2D eigenvalue weighted by Gasteiger charge is -2.38. The van der Waals surface area contributed by atoms with E-state index in [9.17, 15) is 9.59 Å². The highest BCUT2D eigenvalue weighted by Gasteiger charge is 2.40. The van der Waals surface area contributed by atoms with Crippen LogP contribution in [-0.4, -0.2) is 80.4 Å². The van der Waals surface area contributed by atoms with E-state index >= 15 is 0 Å². The number of carbonyl (C=O) groups is 2. The second kappa shape index (κ2) is 12.2. The highest BCUT2D eigenvalue weighted by Crippen LogP contribution is 2.31. The van der Waals surface area contributed by atoms with Gasteiger partial charge in [-0.25, -0.2) is 0 Å². The van der Waals surface area contributed by atoms with Crippen molar-refractivity contribution in [2.45, 2.75) is 58.4 Å². The van der Waals surface area contributed by atoms with Crippen molar-refractivity contribution in [2.75, 3.05) is 58.3 Å². The molecule has 0 saturated carbocycles. The molecule has 37 heavy (non-hydrogen) atoms. The summed E-state index contributed by atoms with van der Waals surface area (Å²) in [5.41, 5.74) is 2.76. The number of hydrogen-bond donors (Lipinski definition) is 1. The van der Waals surface area contributed by atoms with Crippen molar-refractivity contribution in [1.29, 1.82) is 0 Å². The second-order valence-corrected chi connectivity index (χ2v) is 10.9. The number of nitrogens with zero attached hydrogens (tertiary/aromatic N) is 3. The second-order valence-electron chi connectivity index (χ2n) is 10.9. The molecular formula is C31H46N4O2. The molecule has 0 spiro atoms. The molecule has 0 bridgehead atoms. The summed E-state index contributed by atoms with van der Waals surface area (Å²) in [6.07, 6.45) is 1.31. The lowest BCUT2D eigenvalue weighted by atomic mass is 9.78. The number of likely N-dealkylation sites (N-methyl/N-ethyl adjacent to an activating group) is 2. The Morgan fingerprint density at radius 3 is 1.95 bits per heavy atom. The zero-order valence-electron chi connectivity index (χ0n) is 23.9. The van der Waals surface area contributed by atoms with Crippen LogP contribution in [0, 0.1) is 0 Å². The van der Waals surface area contributed by atoms with Gasteiger partial charge in [0.2, 0.25) is 5.91 Å². The van der Waals surface area contributed by atoms with Crippen LogP contribution in [0.3, 0.4) is 0 Å². The Morgan fingerprint density at radius 2 is 1.46 bits per heavy atom. The smallest absolute Gasteiger partial charge is 0.232 e. The summed E-state index contributed by atoms with van der Waals surface area (Å²) in [5.74, 6) is 0.286. The van der Waals surface area contributed by atoms with Crippen molar-refractivity contribution in [3.8, 4) is 0 Å². The highest BCUT2D eigenvalue weighted by molar-refractivity contribution is 6.03. The lowest BCUT2D eigenvalue weighted by Crippen LogP contribution is -2.52. The van der Waals surface area contributed by atoms with Gasteiger partial charge >= 0.3 is 0 Å². The fourth-order valence-corrected chi connectivity index (χ4v) is 5.47. The first kappa shape index (κ1) is 28.9. The third-order valence-electron chi connectivity index (χ3n) is 8.23. The molecule has 1 amide bonds. The van der Waals surface area contributed by atoms with Gasteiger partial charge in [0, 0.05) is 50.5 Å². The number of nitrogens with one attached hydrogen (secondary N) is 1.